The highest BCUT2D eigenvalue weighted by Gasteiger charge is 2.15. The van der Waals surface area contributed by atoms with Crippen molar-refractivity contribution >= 4 is 0 Å². The summed E-state index contributed by atoms with van der Waals surface area (Å²) in [6.07, 6.45) is 26.2. The van der Waals surface area contributed by atoms with Crippen molar-refractivity contribution in [1.82, 2.24) is 0 Å². The van der Waals surface area contributed by atoms with Gasteiger partial charge in [-0.2, -0.15) is 0 Å². The Bertz CT molecular complexity index is 220. The summed E-state index contributed by atoms with van der Waals surface area (Å²) in [6, 6.07) is 0. The quantitative estimate of drug-likeness (QED) is 0.206. The number of hydrogen-bond acceptors (Lipinski definition) is 0. The van der Waals surface area contributed by atoms with Gasteiger partial charge in [0, 0.05) is 0 Å². The van der Waals surface area contributed by atoms with Crippen molar-refractivity contribution in [2.75, 3.05) is 0 Å². The van der Waals surface area contributed by atoms with Gasteiger partial charge in [0.15, 0.2) is 0 Å². The van der Waals surface area contributed by atoms with Crippen LogP contribution in [0.4, 0.5) is 0 Å². The Morgan fingerprint density at radius 3 is 1.29 bits per heavy atom. The maximum atomic E-state index is 2.54. The van der Waals surface area contributed by atoms with E-state index in [0.717, 1.165) is 11.8 Å². The molecule has 0 aliphatic carbocycles. The Labute approximate surface area is 155 Å². The van der Waals surface area contributed by atoms with Crippen LogP contribution in [0.25, 0.3) is 0 Å². The first-order chi connectivity index (χ1) is 11.8. The Kier molecular flexibility index (Phi) is 19.3. The largest absolute Gasteiger partial charge is 0.0654 e. The van der Waals surface area contributed by atoms with Crippen molar-refractivity contribution in [3.8, 4) is 0 Å². The van der Waals surface area contributed by atoms with Crippen molar-refractivity contribution in [3.63, 3.8) is 0 Å². The van der Waals surface area contributed by atoms with Crippen LogP contribution < -0.4 is 0 Å². The molecule has 146 valence electrons. The average molecular weight is 339 g/mol. The zero-order valence-electron chi connectivity index (χ0n) is 17.9. The molecule has 0 nitrogen and oxygen atoms in total. The molecule has 0 N–H and O–H groups in total. The Balaban J connectivity index is 3.61. The number of rotatable bonds is 19. The highest BCUT2D eigenvalue weighted by atomic mass is 14.2. The summed E-state index contributed by atoms with van der Waals surface area (Å²) in [5.74, 6) is 1.96. The molecule has 0 saturated carbocycles. The van der Waals surface area contributed by atoms with Gasteiger partial charge in [-0.05, 0) is 11.8 Å². The molecule has 0 saturated heterocycles. The fourth-order valence-electron chi connectivity index (χ4n) is 4.11. The second-order valence-corrected chi connectivity index (χ2v) is 8.35. The normalized spacial score (nSPS) is 14.0. The van der Waals surface area contributed by atoms with Crippen LogP contribution >= 0.6 is 0 Å². The molecular formula is C24H50. The van der Waals surface area contributed by atoms with Crippen LogP contribution in [-0.4, -0.2) is 0 Å². The molecule has 24 heavy (non-hydrogen) atoms. The molecule has 0 bridgehead atoms. The molecule has 2 atom stereocenters. The molecule has 0 heterocycles. The Morgan fingerprint density at radius 1 is 0.417 bits per heavy atom. The van der Waals surface area contributed by atoms with E-state index in [2.05, 4.69) is 27.7 Å². The molecule has 0 aromatic rings. The van der Waals surface area contributed by atoms with Crippen molar-refractivity contribution < 1.29 is 0 Å². The van der Waals surface area contributed by atoms with E-state index in [0.29, 0.717) is 0 Å². The predicted octanol–water partition coefficient (Wildman–Crippen LogP) is 9.32. The van der Waals surface area contributed by atoms with Gasteiger partial charge in [0.2, 0.25) is 0 Å². The van der Waals surface area contributed by atoms with Crippen molar-refractivity contribution in [1.29, 1.82) is 0 Å². The minimum Gasteiger partial charge on any atom is -0.0654 e. The molecule has 2 unspecified atom stereocenters. The molecule has 0 amide bonds. The monoisotopic (exact) mass is 338 g/mol. The lowest BCUT2D eigenvalue weighted by Gasteiger charge is -2.24. The number of unbranched alkanes of at least 4 members (excludes halogenated alkanes) is 12. The van der Waals surface area contributed by atoms with E-state index in [9.17, 15) is 0 Å². The zero-order chi connectivity index (χ0) is 17.9. The standard InChI is InChI=1S/C24H50/c1-5-8-10-12-13-14-15-17-18-21-23(4)24(20-7-3)22-19-16-11-9-6-2/h23-24H,5-22H2,1-4H3. The summed E-state index contributed by atoms with van der Waals surface area (Å²) in [5, 5.41) is 0. The van der Waals surface area contributed by atoms with Crippen LogP contribution in [-0.2, 0) is 0 Å². The smallest absolute Gasteiger partial charge is 0.0389 e. The molecule has 0 aliphatic rings. The summed E-state index contributed by atoms with van der Waals surface area (Å²) in [6.45, 7) is 9.53. The minimum absolute atomic E-state index is 0.959. The third-order valence-electron chi connectivity index (χ3n) is 5.91. The maximum absolute atomic E-state index is 2.54. The number of hydrogen-bond donors (Lipinski definition) is 0. The Morgan fingerprint density at radius 2 is 0.833 bits per heavy atom. The van der Waals surface area contributed by atoms with Crippen LogP contribution in [0.3, 0.4) is 0 Å². The molecule has 0 fully saturated rings. The van der Waals surface area contributed by atoms with Crippen molar-refractivity contribution in [2.24, 2.45) is 11.8 Å². The van der Waals surface area contributed by atoms with Crippen molar-refractivity contribution in [3.05, 3.63) is 0 Å². The highest BCUT2D eigenvalue weighted by molar-refractivity contribution is 4.67. The Hall–Kier alpha value is 0. The molecule has 0 heteroatoms. The summed E-state index contributed by atoms with van der Waals surface area (Å²) < 4.78 is 0. The minimum atomic E-state index is 0.959. The summed E-state index contributed by atoms with van der Waals surface area (Å²) >= 11 is 0. The summed E-state index contributed by atoms with van der Waals surface area (Å²) in [5.41, 5.74) is 0. The van der Waals surface area contributed by atoms with Gasteiger partial charge < -0.3 is 0 Å². The molecule has 0 spiro atoms. The topological polar surface area (TPSA) is 0 Å². The lowest BCUT2D eigenvalue weighted by Crippen LogP contribution is -2.12. The average Bonchev–Trinajstić information content (AvgIpc) is 2.59. The zero-order valence-corrected chi connectivity index (χ0v) is 17.9. The molecule has 0 aromatic carbocycles. The van der Waals surface area contributed by atoms with E-state index in [1.165, 1.54) is 116 Å². The van der Waals surface area contributed by atoms with Gasteiger partial charge in [-0.1, -0.05) is 143 Å². The van der Waals surface area contributed by atoms with Crippen LogP contribution in [0, 0.1) is 11.8 Å². The van der Waals surface area contributed by atoms with Crippen LogP contribution in [0.15, 0.2) is 0 Å². The third kappa shape index (κ3) is 15.5. The molecule has 0 aromatic heterocycles. The van der Waals surface area contributed by atoms with E-state index in [1.807, 2.05) is 0 Å². The first-order valence-corrected chi connectivity index (χ1v) is 11.8. The molecule has 0 radical (unpaired) electrons. The molecule has 0 aliphatic heterocycles. The molecular weight excluding hydrogens is 288 g/mol. The predicted molar refractivity (Wildman–Crippen MR) is 113 cm³/mol. The SMILES string of the molecule is CCCCCCCCCCCC(C)C(CCC)CCCCCCC. The van der Waals surface area contributed by atoms with E-state index in [1.54, 1.807) is 0 Å². The van der Waals surface area contributed by atoms with Gasteiger partial charge >= 0.3 is 0 Å². The lowest BCUT2D eigenvalue weighted by molar-refractivity contribution is 0.280. The second kappa shape index (κ2) is 19.3. The highest BCUT2D eigenvalue weighted by Crippen LogP contribution is 2.28. The lowest BCUT2D eigenvalue weighted by atomic mass is 9.82. The maximum Gasteiger partial charge on any atom is -0.0389 e. The van der Waals surface area contributed by atoms with Gasteiger partial charge in [0.05, 0.1) is 0 Å². The fourth-order valence-corrected chi connectivity index (χ4v) is 4.11. The van der Waals surface area contributed by atoms with Crippen LogP contribution in [0.2, 0.25) is 0 Å². The first kappa shape index (κ1) is 24.0. The van der Waals surface area contributed by atoms with Gasteiger partial charge in [0.25, 0.3) is 0 Å². The van der Waals surface area contributed by atoms with Crippen LogP contribution in [0.5, 0.6) is 0 Å². The van der Waals surface area contributed by atoms with Gasteiger partial charge in [-0.3, -0.25) is 0 Å². The second-order valence-electron chi connectivity index (χ2n) is 8.35. The summed E-state index contributed by atoms with van der Waals surface area (Å²) in [4.78, 5) is 0. The fraction of sp³-hybridized carbons (Fsp3) is 1.00. The van der Waals surface area contributed by atoms with Crippen molar-refractivity contribution in [2.45, 2.75) is 143 Å². The van der Waals surface area contributed by atoms with E-state index in [-0.39, 0.29) is 0 Å². The first-order valence-electron chi connectivity index (χ1n) is 11.8. The van der Waals surface area contributed by atoms with Crippen LogP contribution in [0.1, 0.15) is 143 Å². The van der Waals surface area contributed by atoms with Gasteiger partial charge in [0.1, 0.15) is 0 Å². The van der Waals surface area contributed by atoms with Gasteiger partial charge in [-0.25, -0.2) is 0 Å². The van der Waals surface area contributed by atoms with Gasteiger partial charge in [-0.15, -0.1) is 0 Å². The third-order valence-corrected chi connectivity index (χ3v) is 5.91. The van der Waals surface area contributed by atoms with E-state index in [4.69, 9.17) is 0 Å². The van der Waals surface area contributed by atoms with E-state index < -0.39 is 0 Å². The molecule has 0 rings (SSSR count). The van der Waals surface area contributed by atoms with E-state index >= 15 is 0 Å². The summed E-state index contributed by atoms with van der Waals surface area (Å²) in [7, 11) is 0.